The third-order valence-electron chi connectivity index (χ3n) is 5.42. The quantitative estimate of drug-likeness (QED) is 0.548. The van der Waals surface area contributed by atoms with E-state index in [4.69, 9.17) is 9.84 Å². The minimum absolute atomic E-state index is 0.0718. The van der Waals surface area contributed by atoms with Crippen LogP contribution >= 0.6 is 0 Å². The Bertz CT molecular complexity index is 1160. The molecule has 0 aliphatic heterocycles. The first kappa shape index (κ1) is 21.1. The largest absolute Gasteiger partial charge is 0.477 e. The average Bonchev–Trinajstić information content (AvgIpc) is 3.30. The van der Waals surface area contributed by atoms with Crippen LogP contribution in [0.25, 0.3) is 11.1 Å². The second kappa shape index (κ2) is 8.54. The van der Waals surface area contributed by atoms with Crippen LogP contribution in [0.5, 0.6) is 0 Å². The maximum atomic E-state index is 12.3. The zero-order chi connectivity index (χ0) is 22.8. The molecule has 3 N–H and O–H groups in total. The zero-order valence-electron chi connectivity index (χ0n) is 17.5. The first-order chi connectivity index (χ1) is 15.3. The number of rotatable bonds is 6. The van der Waals surface area contributed by atoms with Crippen LogP contribution in [0.2, 0.25) is 0 Å². The lowest BCUT2D eigenvalue weighted by Crippen LogP contribution is -2.42. The van der Waals surface area contributed by atoms with Crippen molar-refractivity contribution in [3.8, 4) is 11.1 Å². The lowest BCUT2D eigenvalue weighted by Gasteiger charge is -2.16. The van der Waals surface area contributed by atoms with E-state index in [-0.39, 0.29) is 24.0 Å². The highest BCUT2D eigenvalue weighted by molar-refractivity contribution is 5.96. The first-order valence-electron chi connectivity index (χ1n) is 10.0. The molecule has 0 saturated carbocycles. The number of alkyl carbamates (subject to hydrolysis) is 1. The van der Waals surface area contributed by atoms with Crippen LogP contribution in [0, 0.1) is 0 Å². The number of anilines is 1. The number of aromatic carboxylic acids is 1. The molecule has 1 aromatic heterocycles. The molecular formula is C23H22N4O5. The van der Waals surface area contributed by atoms with Gasteiger partial charge in [-0.2, -0.15) is 5.10 Å². The van der Waals surface area contributed by atoms with Gasteiger partial charge in [-0.05, 0) is 29.2 Å². The molecule has 0 spiro atoms. The number of aryl methyl sites for hydroxylation is 1. The molecule has 0 saturated heterocycles. The minimum atomic E-state index is -1.16. The maximum Gasteiger partial charge on any atom is 0.407 e. The van der Waals surface area contributed by atoms with Gasteiger partial charge in [-0.3, -0.25) is 9.48 Å². The molecule has 2 aromatic carbocycles. The van der Waals surface area contributed by atoms with Crippen molar-refractivity contribution in [1.29, 1.82) is 0 Å². The smallest absolute Gasteiger partial charge is 0.407 e. The van der Waals surface area contributed by atoms with Crippen molar-refractivity contribution >= 4 is 23.8 Å². The molecule has 9 heteroatoms. The fourth-order valence-electron chi connectivity index (χ4n) is 3.85. The van der Waals surface area contributed by atoms with Crippen LogP contribution in [-0.4, -0.2) is 45.5 Å². The van der Waals surface area contributed by atoms with Crippen LogP contribution in [0.3, 0.4) is 0 Å². The Balaban J connectivity index is 1.35. The Kier molecular flexibility index (Phi) is 5.63. The van der Waals surface area contributed by atoms with Crippen molar-refractivity contribution in [2.45, 2.75) is 18.9 Å². The summed E-state index contributed by atoms with van der Waals surface area (Å²) in [5, 5.41) is 18.0. The third kappa shape index (κ3) is 4.04. The summed E-state index contributed by atoms with van der Waals surface area (Å²) in [4.78, 5) is 35.8. The SMILES string of the molecule is CC(NC(=O)OCC1c2ccccc2-c2ccccc21)C(=O)Nc1cc(C(=O)O)n(C)n1. The standard InChI is InChI=1S/C23H22N4O5/c1-13(21(28)25-20-11-19(22(29)30)27(2)26-20)24-23(31)32-12-18-16-9-5-3-7-14(16)15-8-4-6-10-17(15)18/h3-11,13,18H,12H2,1-2H3,(H,24,31)(H,29,30)(H,25,26,28). The number of carbonyl (C=O) groups is 3. The van der Waals surface area contributed by atoms with Gasteiger partial charge in [0, 0.05) is 19.0 Å². The van der Waals surface area contributed by atoms with Crippen molar-refractivity contribution in [3.63, 3.8) is 0 Å². The molecule has 1 aliphatic rings. The molecule has 1 unspecified atom stereocenters. The molecule has 1 atom stereocenters. The minimum Gasteiger partial charge on any atom is -0.477 e. The Morgan fingerprint density at radius 1 is 1.09 bits per heavy atom. The highest BCUT2D eigenvalue weighted by Gasteiger charge is 2.29. The van der Waals surface area contributed by atoms with Crippen molar-refractivity contribution < 1.29 is 24.2 Å². The summed E-state index contributed by atoms with van der Waals surface area (Å²) in [6.45, 7) is 1.63. The van der Waals surface area contributed by atoms with E-state index in [1.807, 2.05) is 48.5 Å². The fourth-order valence-corrected chi connectivity index (χ4v) is 3.85. The molecule has 1 heterocycles. The van der Waals surface area contributed by atoms with Crippen molar-refractivity contribution in [1.82, 2.24) is 15.1 Å². The van der Waals surface area contributed by atoms with Gasteiger partial charge in [0.1, 0.15) is 18.3 Å². The van der Waals surface area contributed by atoms with Crippen LogP contribution in [0.1, 0.15) is 34.5 Å². The molecule has 0 radical (unpaired) electrons. The highest BCUT2D eigenvalue weighted by Crippen LogP contribution is 2.44. The topological polar surface area (TPSA) is 123 Å². The fraction of sp³-hybridized carbons (Fsp3) is 0.217. The van der Waals surface area contributed by atoms with Gasteiger partial charge in [0.25, 0.3) is 0 Å². The van der Waals surface area contributed by atoms with E-state index < -0.39 is 24.0 Å². The van der Waals surface area contributed by atoms with Gasteiger partial charge in [-0.1, -0.05) is 48.5 Å². The summed E-state index contributed by atoms with van der Waals surface area (Å²) in [5.74, 6) is -1.71. The van der Waals surface area contributed by atoms with Crippen molar-refractivity contribution in [3.05, 3.63) is 71.4 Å². The van der Waals surface area contributed by atoms with E-state index in [0.29, 0.717) is 0 Å². The number of nitrogens with zero attached hydrogens (tertiary/aromatic N) is 2. The summed E-state index contributed by atoms with van der Waals surface area (Å²) < 4.78 is 6.58. The summed E-state index contributed by atoms with van der Waals surface area (Å²) >= 11 is 0. The normalized spacial score (nSPS) is 13.1. The molecular weight excluding hydrogens is 412 g/mol. The van der Waals surface area contributed by atoms with Gasteiger partial charge in [-0.15, -0.1) is 0 Å². The number of carboxylic acid groups (broad SMARTS) is 1. The summed E-state index contributed by atoms with van der Waals surface area (Å²) in [7, 11) is 1.46. The van der Waals surface area contributed by atoms with Crippen LogP contribution in [0.4, 0.5) is 10.6 Å². The summed E-state index contributed by atoms with van der Waals surface area (Å²) in [5.41, 5.74) is 4.37. The number of ether oxygens (including phenoxy) is 1. The lowest BCUT2D eigenvalue weighted by atomic mass is 9.98. The molecule has 9 nitrogen and oxygen atoms in total. The van der Waals surface area contributed by atoms with Gasteiger partial charge in [0.15, 0.2) is 5.82 Å². The predicted octanol–water partition coefficient (Wildman–Crippen LogP) is 2.98. The van der Waals surface area contributed by atoms with Crippen LogP contribution in [0.15, 0.2) is 54.6 Å². The van der Waals surface area contributed by atoms with Gasteiger partial charge < -0.3 is 20.5 Å². The van der Waals surface area contributed by atoms with E-state index in [2.05, 4.69) is 15.7 Å². The first-order valence-corrected chi connectivity index (χ1v) is 10.0. The Morgan fingerprint density at radius 3 is 2.25 bits per heavy atom. The molecule has 1 aliphatic carbocycles. The van der Waals surface area contributed by atoms with Crippen molar-refractivity contribution in [2.75, 3.05) is 11.9 Å². The van der Waals surface area contributed by atoms with Gasteiger partial charge in [0.05, 0.1) is 0 Å². The number of amides is 2. The average molecular weight is 434 g/mol. The number of benzene rings is 2. The van der Waals surface area contributed by atoms with E-state index in [9.17, 15) is 14.4 Å². The predicted molar refractivity (Wildman–Crippen MR) is 116 cm³/mol. The monoisotopic (exact) mass is 434 g/mol. The Labute approximate surface area is 184 Å². The van der Waals surface area contributed by atoms with Gasteiger partial charge in [0.2, 0.25) is 5.91 Å². The third-order valence-corrected chi connectivity index (χ3v) is 5.42. The number of aromatic nitrogens is 2. The van der Waals surface area contributed by atoms with E-state index >= 15 is 0 Å². The maximum absolute atomic E-state index is 12.3. The van der Waals surface area contributed by atoms with E-state index in [1.54, 1.807) is 0 Å². The number of nitrogens with one attached hydrogen (secondary N) is 2. The van der Waals surface area contributed by atoms with Crippen molar-refractivity contribution in [2.24, 2.45) is 7.05 Å². The van der Waals surface area contributed by atoms with Gasteiger partial charge in [-0.25, -0.2) is 9.59 Å². The van der Waals surface area contributed by atoms with E-state index in [1.165, 1.54) is 20.0 Å². The van der Waals surface area contributed by atoms with Crippen LogP contribution in [-0.2, 0) is 16.6 Å². The Morgan fingerprint density at radius 2 is 1.69 bits per heavy atom. The number of hydrogen-bond donors (Lipinski definition) is 3. The van der Waals surface area contributed by atoms with Crippen LogP contribution < -0.4 is 10.6 Å². The number of carbonyl (C=O) groups excluding carboxylic acids is 2. The molecule has 4 rings (SSSR count). The Hall–Kier alpha value is -4.14. The molecule has 3 aromatic rings. The molecule has 0 fully saturated rings. The highest BCUT2D eigenvalue weighted by atomic mass is 16.5. The summed E-state index contributed by atoms with van der Waals surface area (Å²) in [6, 6.07) is 16.3. The van der Waals surface area contributed by atoms with E-state index in [0.717, 1.165) is 26.9 Å². The molecule has 2 amide bonds. The lowest BCUT2D eigenvalue weighted by molar-refractivity contribution is -0.117. The number of carboxylic acids is 1. The molecule has 164 valence electrons. The second-order valence-corrected chi connectivity index (χ2v) is 7.52. The molecule has 0 bridgehead atoms. The second-order valence-electron chi connectivity index (χ2n) is 7.52. The number of fused-ring (bicyclic) bond motifs is 3. The number of hydrogen-bond acceptors (Lipinski definition) is 5. The van der Waals surface area contributed by atoms with Gasteiger partial charge >= 0.3 is 12.1 Å². The molecule has 32 heavy (non-hydrogen) atoms. The zero-order valence-corrected chi connectivity index (χ0v) is 17.5. The summed E-state index contributed by atoms with van der Waals surface area (Å²) in [6.07, 6.45) is -0.721.